The van der Waals surface area contributed by atoms with Gasteiger partial charge >= 0.3 is 6.18 Å². The average Bonchev–Trinajstić information content (AvgIpc) is 2.69. The predicted octanol–water partition coefficient (Wildman–Crippen LogP) is 5.47. The van der Waals surface area contributed by atoms with Crippen LogP contribution in [0, 0.1) is 12.4 Å². The molecule has 1 aromatic heterocycles. The molecule has 0 spiro atoms. The zero-order valence-electron chi connectivity index (χ0n) is 15.2. The summed E-state index contributed by atoms with van der Waals surface area (Å²) < 4.78 is 54.1. The minimum absolute atomic E-state index is 0.125. The Labute approximate surface area is 168 Å². The molecule has 0 aliphatic rings. The molecular formula is C23H13F4NO2. The number of pyridine rings is 1. The van der Waals surface area contributed by atoms with Gasteiger partial charge < -0.3 is 5.11 Å². The molecule has 4 aromatic rings. The van der Waals surface area contributed by atoms with Crippen LogP contribution in [0.5, 0.6) is 5.75 Å². The summed E-state index contributed by atoms with van der Waals surface area (Å²) in [6.45, 7) is 2.91. The number of phenolic OH excluding ortho intramolecular Hbond substituents is 1. The van der Waals surface area contributed by atoms with Crippen molar-refractivity contribution in [1.82, 2.24) is 4.57 Å². The van der Waals surface area contributed by atoms with Crippen LogP contribution in [-0.2, 0) is 6.18 Å². The number of benzene rings is 3. The first kappa shape index (κ1) is 19.7. The molecule has 0 atom stereocenters. The highest BCUT2D eigenvalue weighted by molar-refractivity contribution is 5.96. The van der Waals surface area contributed by atoms with Gasteiger partial charge in [-0.05, 0) is 41.5 Å². The third-order valence-electron chi connectivity index (χ3n) is 4.61. The van der Waals surface area contributed by atoms with E-state index in [1.165, 1.54) is 29.0 Å². The number of nitrogens with zero attached hydrogens (tertiary/aromatic N) is 1. The molecule has 1 N–H and O–H groups in total. The minimum atomic E-state index is -4.82. The molecule has 0 aliphatic carbocycles. The van der Waals surface area contributed by atoms with E-state index in [1.54, 1.807) is 30.3 Å². The number of aromatic hydroxyl groups is 1. The second-order valence-corrected chi connectivity index (χ2v) is 6.62. The number of alkyl halides is 3. The maximum atomic E-state index is 14.2. The van der Waals surface area contributed by atoms with Gasteiger partial charge in [-0.25, -0.2) is 4.39 Å². The van der Waals surface area contributed by atoms with Crippen LogP contribution in [0.1, 0.15) is 11.1 Å². The SMILES string of the molecule is O=c1c2ccc(O)cc2c(-c2ccc(C(F)(F)F)c(F)c2)cn1[C]c1ccccc1. The Kier molecular flexibility index (Phi) is 4.81. The average molecular weight is 411 g/mol. The largest absolute Gasteiger partial charge is 0.508 e. The van der Waals surface area contributed by atoms with E-state index < -0.39 is 23.1 Å². The lowest BCUT2D eigenvalue weighted by Crippen LogP contribution is -2.19. The van der Waals surface area contributed by atoms with E-state index in [9.17, 15) is 27.5 Å². The van der Waals surface area contributed by atoms with Crippen molar-refractivity contribution >= 4 is 10.8 Å². The summed E-state index contributed by atoms with van der Waals surface area (Å²) in [5.74, 6) is -1.56. The molecule has 2 radical (unpaired) electrons. The summed E-state index contributed by atoms with van der Waals surface area (Å²) in [5.41, 5.74) is -0.822. The Balaban J connectivity index is 1.94. The third-order valence-corrected chi connectivity index (χ3v) is 4.61. The Hall–Kier alpha value is -3.61. The molecule has 4 rings (SSSR count). The molecule has 30 heavy (non-hydrogen) atoms. The molecule has 7 heteroatoms. The standard InChI is InChI=1S/C23H13F4NO2/c24-21-10-15(6-9-20(21)23(25,26)27)19-13-28(12-14-4-2-1-3-5-14)22(30)17-8-7-16(29)11-18(17)19/h1-11,13,29H. The molecule has 0 unspecified atom stereocenters. The van der Waals surface area contributed by atoms with Crippen LogP contribution in [0.4, 0.5) is 17.6 Å². The van der Waals surface area contributed by atoms with Crippen LogP contribution >= 0.6 is 0 Å². The summed E-state index contributed by atoms with van der Waals surface area (Å²) in [6.07, 6.45) is -3.46. The van der Waals surface area contributed by atoms with Crippen molar-refractivity contribution in [1.29, 1.82) is 0 Å². The van der Waals surface area contributed by atoms with Crippen molar-refractivity contribution in [3.63, 3.8) is 0 Å². The second-order valence-electron chi connectivity index (χ2n) is 6.62. The van der Waals surface area contributed by atoms with Crippen molar-refractivity contribution < 1.29 is 22.7 Å². The van der Waals surface area contributed by atoms with Crippen molar-refractivity contribution in [2.75, 3.05) is 0 Å². The van der Waals surface area contributed by atoms with Gasteiger partial charge in [0, 0.05) is 22.5 Å². The van der Waals surface area contributed by atoms with Crippen molar-refractivity contribution in [3.05, 3.63) is 107 Å². The summed E-state index contributed by atoms with van der Waals surface area (Å²) in [4.78, 5) is 12.9. The summed E-state index contributed by atoms with van der Waals surface area (Å²) >= 11 is 0. The fourth-order valence-electron chi connectivity index (χ4n) is 3.21. The molecule has 150 valence electrons. The van der Waals surface area contributed by atoms with Gasteiger partial charge in [-0.3, -0.25) is 9.36 Å². The topological polar surface area (TPSA) is 42.2 Å². The van der Waals surface area contributed by atoms with Crippen LogP contribution in [-0.4, -0.2) is 9.67 Å². The maximum Gasteiger partial charge on any atom is 0.419 e. The lowest BCUT2D eigenvalue weighted by Gasteiger charge is -2.14. The van der Waals surface area contributed by atoms with E-state index in [1.807, 2.05) is 0 Å². The van der Waals surface area contributed by atoms with E-state index in [4.69, 9.17) is 0 Å². The molecule has 3 aromatic carbocycles. The molecule has 1 heterocycles. The van der Waals surface area contributed by atoms with E-state index in [-0.39, 0.29) is 27.6 Å². The first-order chi connectivity index (χ1) is 14.2. The van der Waals surface area contributed by atoms with Crippen LogP contribution in [0.25, 0.3) is 21.9 Å². The van der Waals surface area contributed by atoms with Crippen LogP contribution < -0.4 is 5.56 Å². The summed E-state index contributed by atoms with van der Waals surface area (Å²) in [7, 11) is 0. The van der Waals surface area contributed by atoms with Crippen molar-refractivity contribution in [3.8, 4) is 16.9 Å². The summed E-state index contributed by atoms with van der Waals surface area (Å²) in [6, 6.07) is 15.4. The second kappa shape index (κ2) is 7.33. The van der Waals surface area contributed by atoms with Gasteiger partial charge in [-0.15, -0.1) is 0 Å². The van der Waals surface area contributed by atoms with Gasteiger partial charge in [-0.2, -0.15) is 13.2 Å². The summed E-state index contributed by atoms with van der Waals surface area (Å²) in [5, 5.41) is 10.3. The van der Waals surface area contributed by atoms with Gasteiger partial charge in [-0.1, -0.05) is 36.4 Å². The lowest BCUT2D eigenvalue weighted by atomic mass is 9.98. The smallest absolute Gasteiger partial charge is 0.419 e. The zero-order chi connectivity index (χ0) is 21.5. The Morgan fingerprint density at radius 3 is 2.30 bits per heavy atom. The van der Waals surface area contributed by atoms with Gasteiger partial charge in [0.1, 0.15) is 18.1 Å². The Bertz CT molecular complexity index is 1290. The predicted molar refractivity (Wildman–Crippen MR) is 104 cm³/mol. The highest BCUT2D eigenvalue weighted by Gasteiger charge is 2.34. The Morgan fingerprint density at radius 2 is 1.63 bits per heavy atom. The molecular weight excluding hydrogens is 398 g/mol. The molecule has 0 saturated carbocycles. The fourth-order valence-corrected chi connectivity index (χ4v) is 3.21. The maximum absolute atomic E-state index is 14.2. The van der Waals surface area contributed by atoms with Gasteiger partial charge in [0.05, 0.1) is 5.56 Å². The first-order valence-corrected chi connectivity index (χ1v) is 8.81. The van der Waals surface area contributed by atoms with Crippen LogP contribution in [0.15, 0.2) is 77.7 Å². The first-order valence-electron chi connectivity index (χ1n) is 8.81. The van der Waals surface area contributed by atoms with E-state index in [0.717, 1.165) is 12.1 Å². The lowest BCUT2D eigenvalue weighted by molar-refractivity contribution is -0.139. The minimum Gasteiger partial charge on any atom is -0.508 e. The highest BCUT2D eigenvalue weighted by Crippen LogP contribution is 2.35. The molecule has 0 bridgehead atoms. The van der Waals surface area contributed by atoms with Crippen molar-refractivity contribution in [2.24, 2.45) is 0 Å². The monoisotopic (exact) mass is 411 g/mol. The van der Waals surface area contributed by atoms with Crippen molar-refractivity contribution in [2.45, 2.75) is 6.18 Å². The van der Waals surface area contributed by atoms with E-state index in [2.05, 4.69) is 6.54 Å². The number of rotatable bonds is 3. The number of hydrogen-bond donors (Lipinski definition) is 1. The molecule has 0 fully saturated rings. The van der Waals surface area contributed by atoms with Gasteiger partial charge in [0.2, 0.25) is 0 Å². The quantitative estimate of drug-likeness (QED) is 0.455. The number of fused-ring (bicyclic) bond motifs is 1. The van der Waals surface area contributed by atoms with E-state index in [0.29, 0.717) is 11.6 Å². The zero-order valence-corrected chi connectivity index (χ0v) is 15.2. The normalized spacial score (nSPS) is 11.7. The molecule has 0 saturated heterocycles. The van der Waals surface area contributed by atoms with Crippen LogP contribution in [0.3, 0.4) is 0 Å². The van der Waals surface area contributed by atoms with E-state index >= 15 is 0 Å². The fraction of sp³-hybridized carbons (Fsp3) is 0.0435. The molecule has 0 aliphatic heterocycles. The van der Waals surface area contributed by atoms with Gasteiger partial charge in [0.25, 0.3) is 5.56 Å². The molecule has 3 nitrogen and oxygen atoms in total. The third kappa shape index (κ3) is 3.66. The molecule has 0 amide bonds. The van der Waals surface area contributed by atoms with Crippen LogP contribution in [0.2, 0.25) is 0 Å². The highest BCUT2D eigenvalue weighted by atomic mass is 19.4. The number of hydrogen-bond acceptors (Lipinski definition) is 2. The van der Waals surface area contributed by atoms with Gasteiger partial charge in [0.15, 0.2) is 0 Å². The number of phenols is 1. The number of aromatic nitrogens is 1. The number of halogens is 4. The Morgan fingerprint density at radius 1 is 0.900 bits per heavy atom.